The maximum absolute atomic E-state index is 11.9. The van der Waals surface area contributed by atoms with Crippen molar-refractivity contribution in [2.24, 2.45) is 0 Å². The van der Waals surface area contributed by atoms with E-state index in [4.69, 9.17) is 0 Å². The maximum Gasteiger partial charge on any atom is 0.272 e. The van der Waals surface area contributed by atoms with E-state index in [-0.39, 0.29) is 18.1 Å². The molecule has 1 aliphatic rings. The molecule has 2 unspecified atom stereocenters. The van der Waals surface area contributed by atoms with E-state index >= 15 is 0 Å². The van der Waals surface area contributed by atoms with E-state index in [1.54, 1.807) is 30.2 Å². The van der Waals surface area contributed by atoms with E-state index in [1.165, 1.54) is 6.07 Å². The number of amides is 1. The van der Waals surface area contributed by atoms with E-state index in [2.05, 4.69) is 5.32 Å². The molecule has 0 radical (unpaired) electrons. The van der Waals surface area contributed by atoms with Crippen LogP contribution < -0.4 is 5.32 Å². The van der Waals surface area contributed by atoms with Gasteiger partial charge in [0.2, 0.25) is 5.91 Å². The Bertz CT molecular complexity index is 605. The van der Waals surface area contributed by atoms with Crippen LogP contribution in [0.25, 0.3) is 0 Å². The molecule has 1 aliphatic heterocycles. The van der Waals surface area contributed by atoms with Gasteiger partial charge in [0.25, 0.3) is 5.69 Å². The third-order valence-electron chi connectivity index (χ3n) is 3.44. The summed E-state index contributed by atoms with van der Waals surface area (Å²) in [6.45, 7) is 2.22. The van der Waals surface area contributed by atoms with E-state index in [0.29, 0.717) is 23.4 Å². The van der Waals surface area contributed by atoms with Crippen LogP contribution in [0.2, 0.25) is 0 Å². The molecular formula is C13H17N3O4S. The highest BCUT2D eigenvalue weighted by Crippen LogP contribution is 2.27. The average molecular weight is 311 g/mol. The second kappa shape index (κ2) is 6.31. The van der Waals surface area contributed by atoms with E-state index < -0.39 is 21.9 Å². The molecule has 1 amide bonds. The summed E-state index contributed by atoms with van der Waals surface area (Å²) >= 11 is 0. The number of hydrogen-bond acceptors (Lipinski definition) is 5. The SMILES string of the molecule is Cc1ccc(C2NCC(=O)N2CCS(C)=O)cc1[N+](=O)[O-]. The average Bonchev–Trinajstić information content (AvgIpc) is 2.78. The number of nitro groups is 1. The number of nitrogens with one attached hydrogen (secondary N) is 1. The number of benzene rings is 1. The van der Waals surface area contributed by atoms with Crippen LogP contribution in [-0.2, 0) is 15.6 Å². The highest BCUT2D eigenvalue weighted by molar-refractivity contribution is 7.84. The highest BCUT2D eigenvalue weighted by atomic mass is 32.2. The maximum atomic E-state index is 11.9. The van der Waals surface area contributed by atoms with Crippen molar-refractivity contribution in [3.05, 3.63) is 39.4 Å². The molecule has 1 saturated heterocycles. The molecule has 0 bridgehead atoms. The number of rotatable bonds is 5. The fourth-order valence-electron chi connectivity index (χ4n) is 2.31. The first kappa shape index (κ1) is 15.6. The number of hydrogen-bond donors (Lipinski definition) is 1. The van der Waals surface area contributed by atoms with Crippen LogP contribution in [0.15, 0.2) is 18.2 Å². The molecule has 2 rings (SSSR count). The number of nitrogens with zero attached hydrogens (tertiary/aromatic N) is 2. The zero-order valence-corrected chi connectivity index (χ0v) is 12.7. The minimum Gasteiger partial charge on any atom is -0.321 e. The van der Waals surface area contributed by atoms with Gasteiger partial charge in [-0.25, -0.2) is 0 Å². The summed E-state index contributed by atoms with van der Waals surface area (Å²) in [5, 5.41) is 14.1. The predicted molar refractivity (Wildman–Crippen MR) is 79.2 cm³/mol. The highest BCUT2D eigenvalue weighted by Gasteiger charge is 2.32. The van der Waals surface area contributed by atoms with E-state index in [9.17, 15) is 19.1 Å². The third kappa shape index (κ3) is 3.45. The topological polar surface area (TPSA) is 92.6 Å². The number of aryl methyl sites for hydroxylation is 1. The van der Waals surface area contributed by atoms with Crippen LogP contribution in [0.1, 0.15) is 17.3 Å². The lowest BCUT2D eigenvalue weighted by Gasteiger charge is -2.24. The minimum atomic E-state index is -0.993. The van der Waals surface area contributed by atoms with Gasteiger partial charge in [0.1, 0.15) is 6.17 Å². The van der Waals surface area contributed by atoms with Gasteiger partial charge in [-0.3, -0.25) is 24.4 Å². The molecule has 0 spiro atoms. The summed E-state index contributed by atoms with van der Waals surface area (Å²) in [6.07, 6.45) is 1.18. The third-order valence-corrected chi connectivity index (χ3v) is 4.20. The van der Waals surface area contributed by atoms with Crippen molar-refractivity contribution in [1.82, 2.24) is 10.2 Å². The molecule has 1 heterocycles. The van der Waals surface area contributed by atoms with Gasteiger partial charge in [0, 0.05) is 41.0 Å². The standard InChI is InChI=1S/C13H17N3O4S/c1-9-3-4-10(7-11(9)16(18)19)13-14-8-12(17)15(13)5-6-21(2)20/h3-4,7,13-14H,5-6,8H2,1-2H3. The van der Waals surface area contributed by atoms with Gasteiger partial charge in [-0.2, -0.15) is 0 Å². The smallest absolute Gasteiger partial charge is 0.272 e. The normalized spacial score (nSPS) is 19.8. The van der Waals surface area contributed by atoms with Gasteiger partial charge in [0.15, 0.2) is 0 Å². The molecule has 1 aromatic carbocycles. The summed E-state index contributed by atoms with van der Waals surface area (Å²) in [7, 11) is -0.993. The monoisotopic (exact) mass is 311 g/mol. The van der Waals surface area contributed by atoms with Crippen molar-refractivity contribution >= 4 is 22.4 Å². The van der Waals surface area contributed by atoms with Crippen molar-refractivity contribution in [1.29, 1.82) is 0 Å². The van der Waals surface area contributed by atoms with Crippen molar-refractivity contribution in [3.8, 4) is 0 Å². The summed E-state index contributed by atoms with van der Waals surface area (Å²) in [5.74, 6) is 0.298. The van der Waals surface area contributed by atoms with Gasteiger partial charge in [-0.1, -0.05) is 12.1 Å². The van der Waals surface area contributed by atoms with Crippen LogP contribution in [0.4, 0.5) is 5.69 Å². The lowest BCUT2D eigenvalue weighted by molar-refractivity contribution is -0.385. The number of carbonyl (C=O) groups excluding carboxylic acids is 1. The molecular weight excluding hydrogens is 294 g/mol. The Morgan fingerprint density at radius 2 is 2.24 bits per heavy atom. The molecule has 2 atom stereocenters. The molecule has 0 aromatic heterocycles. The number of carbonyl (C=O) groups is 1. The van der Waals surface area contributed by atoms with Gasteiger partial charge in [0.05, 0.1) is 11.5 Å². The largest absolute Gasteiger partial charge is 0.321 e. The first-order chi connectivity index (χ1) is 9.90. The Labute approximate surface area is 124 Å². The second-order valence-electron chi connectivity index (χ2n) is 4.95. The van der Waals surface area contributed by atoms with Crippen molar-refractivity contribution in [3.63, 3.8) is 0 Å². The molecule has 7 nitrogen and oxygen atoms in total. The molecule has 1 aromatic rings. The van der Waals surface area contributed by atoms with Crippen LogP contribution in [-0.4, -0.2) is 45.0 Å². The number of nitro benzene ring substituents is 1. The van der Waals surface area contributed by atoms with Crippen LogP contribution in [0, 0.1) is 17.0 Å². The van der Waals surface area contributed by atoms with Gasteiger partial charge in [-0.05, 0) is 12.5 Å². The molecule has 21 heavy (non-hydrogen) atoms. The quantitative estimate of drug-likeness (QED) is 0.638. The summed E-state index contributed by atoms with van der Waals surface area (Å²) in [6, 6.07) is 4.93. The molecule has 0 aliphatic carbocycles. The van der Waals surface area contributed by atoms with Crippen LogP contribution >= 0.6 is 0 Å². The zero-order valence-electron chi connectivity index (χ0n) is 11.9. The first-order valence-corrected chi connectivity index (χ1v) is 8.20. The first-order valence-electron chi connectivity index (χ1n) is 6.48. The minimum absolute atomic E-state index is 0.0349. The summed E-state index contributed by atoms with van der Waals surface area (Å²) in [4.78, 5) is 24.1. The Balaban J connectivity index is 2.27. The predicted octanol–water partition coefficient (Wildman–Crippen LogP) is 0.712. The van der Waals surface area contributed by atoms with E-state index in [1.807, 2.05) is 0 Å². The summed E-state index contributed by atoms with van der Waals surface area (Å²) < 4.78 is 11.2. The molecule has 114 valence electrons. The molecule has 8 heteroatoms. The van der Waals surface area contributed by atoms with Gasteiger partial charge < -0.3 is 4.90 Å². The van der Waals surface area contributed by atoms with Gasteiger partial charge >= 0.3 is 0 Å². The lowest BCUT2D eigenvalue weighted by atomic mass is 10.1. The van der Waals surface area contributed by atoms with Crippen molar-refractivity contribution in [2.75, 3.05) is 25.1 Å². The Kier molecular flexibility index (Phi) is 4.69. The van der Waals surface area contributed by atoms with Crippen LogP contribution in [0.5, 0.6) is 0 Å². The Hall–Kier alpha value is -1.80. The Morgan fingerprint density at radius 1 is 1.52 bits per heavy atom. The summed E-state index contributed by atoms with van der Waals surface area (Å²) in [5.41, 5.74) is 1.28. The molecule has 1 N–H and O–H groups in total. The second-order valence-corrected chi connectivity index (χ2v) is 6.51. The Morgan fingerprint density at radius 3 is 2.86 bits per heavy atom. The fourth-order valence-corrected chi connectivity index (χ4v) is 2.77. The van der Waals surface area contributed by atoms with Crippen molar-refractivity contribution in [2.45, 2.75) is 13.1 Å². The molecule has 1 fully saturated rings. The van der Waals surface area contributed by atoms with E-state index in [0.717, 1.165) is 0 Å². The fraction of sp³-hybridized carbons (Fsp3) is 0.462. The van der Waals surface area contributed by atoms with Crippen molar-refractivity contribution < 1.29 is 13.9 Å². The van der Waals surface area contributed by atoms with Gasteiger partial charge in [-0.15, -0.1) is 0 Å². The lowest BCUT2D eigenvalue weighted by Crippen LogP contribution is -2.33. The van der Waals surface area contributed by atoms with Crippen LogP contribution in [0.3, 0.4) is 0 Å². The molecule has 0 saturated carbocycles. The zero-order chi connectivity index (χ0) is 15.6.